The zero-order chi connectivity index (χ0) is 38.4. The van der Waals surface area contributed by atoms with Crippen molar-refractivity contribution in [2.45, 2.75) is 124 Å². The molecule has 0 amide bonds. The molecule has 0 spiro atoms. The van der Waals surface area contributed by atoms with Gasteiger partial charge in [0, 0.05) is 34.6 Å². The van der Waals surface area contributed by atoms with Gasteiger partial charge in [-0.2, -0.15) is 0 Å². The van der Waals surface area contributed by atoms with E-state index in [-0.39, 0.29) is 23.7 Å². The van der Waals surface area contributed by atoms with E-state index in [1.807, 2.05) is 0 Å². The van der Waals surface area contributed by atoms with Crippen LogP contribution in [0.1, 0.15) is 163 Å². The molecule has 3 heteroatoms. The SMILES string of the molecule is CC(C)c1cccc(C(C)C)c1N1C=CN(c2c(C(C)C)cccc2C(C)C)C1c1cc2c3c(c1)C(C)(C)c1ccccc1B3c1ccccc1C2(C)C. The summed E-state index contributed by atoms with van der Waals surface area (Å²) in [6.45, 7) is 28.9. The quantitative estimate of drug-likeness (QED) is 0.155. The fourth-order valence-electron chi connectivity index (χ4n) is 10.3. The Kier molecular flexibility index (Phi) is 8.83. The number of nitrogens with zero attached hydrogens (tertiary/aromatic N) is 2. The van der Waals surface area contributed by atoms with E-state index in [4.69, 9.17) is 0 Å². The average Bonchev–Trinajstić information content (AvgIpc) is 3.58. The first-order valence-electron chi connectivity index (χ1n) is 20.5. The van der Waals surface area contributed by atoms with Crippen molar-refractivity contribution >= 4 is 34.5 Å². The van der Waals surface area contributed by atoms with Crippen molar-refractivity contribution in [3.63, 3.8) is 0 Å². The number of rotatable bonds is 7. The molecule has 5 aromatic carbocycles. The first-order chi connectivity index (χ1) is 25.7. The largest absolute Gasteiger partial charge is 0.321 e. The van der Waals surface area contributed by atoms with Gasteiger partial charge >= 0.3 is 0 Å². The average molecular weight is 711 g/mol. The fourth-order valence-corrected chi connectivity index (χ4v) is 10.3. The number of fused-ring (bicyclic) bond motifs is 4. The number of hydrogen-bond donors (Lipinski definition) is 0. The molecule has 2 nitrogen and oxygen atoms in total. The highest BCUT2D eigenvalue weighted by atomic mass is 15.4. The molecule has 3 aliphatic heterocycles. The third kappa shape index (κ3) is 5.36. The molecule has 0 saturated carbocycles. The number of anilines is 2. The van der Waals surface area contributed by atoms with Crippen LogP contribution in [0.15, 0.2) is 109 Å². The molecule has 0 fully saturated rings. The van der Waals surface area contributed by atoms with Crippen LogP contribution in [0, 0.1) is 0 Å². The molecule has 0 saturated heterocycles. The van der Waals surface area contributed by atoms with Gasteiger partial charge in [-0.15, -0.1) is 0 Å². The van der Waals surface area contributed by atoms with E-state index in [0.29, 0.717) is 23.7 Å². The first-order valence-corrected chi connectivity index (χ1v) is 20.5. The molecule has 0 aromatic heterocycles. The maximum Gasteiger partial charge on any atom is 0.242 e. The summed E-state index contributed by atoms with van der Waals surface area (Å²) < 4.78 is 0. The molecule has 5 aromatic rings. The van der Waals surface area contributed by atoms with E-state index in [2.05, 4.69) is 202 Å². The second kappa shape index (κ2) is 13.1. The van der Waals surface area contributed by atoms with Gasteiger partial charge in [0.2, 0.25) is 6.71 Å². The summed E-state index contributed by atoms with van der Waals surface area (Å²) in [6.07, 6.45) is 4.72. The lowest BCUT2D eigenvalue weighted by molar-refractivity contribution is 0.614. The van der Waals surface area contributed by atoms with Gasteiger partial charge in [0.1, 0.15) is 6.17 Å². The molecular weight excluding hydrogens is 651 g/mol. The smallest absolute Gasteiger partial charge is 0.242 e. The highest BCUT2D eigenvalue weighted by Crippen LogP contribution is 2.50. The molecule has 0 aliphatic carbocycles. The molecule has 0 atom stereocenters. The minimum atomic E-state index is -0.172. The van der Waals surface area contributed by atoms with E-state index in [1.165, 1.54) is 77.8 Å². The predicted octanol–water partition coefficient (Wildman–Crippen LogP) is 11.5. The van der Waals surface area contributed by atoms with Crippen LogP contribution in [-0.2, 0) is 10.8 Å². The molecule has 0 unspecified atom stereocenters. The second-order valence-corrected chi connectivity index (χ2v) is 18.6. The van der Waals surface area contributed by atoms with Crippen molar-refractivity contribution in [2.75, 3.05) is 9.80 Å². The van der Waals surface area contributed by atoms with Crippen LogP contribution in [0.5, 0.6) is 0 Å². The summed E-state index contributed by atoms with van der Waals surface area (Å²) in [4.78, 5) is 5.29. The van der Waals surface area contributed by atoms with Gasteiger partial charge in [-0.1, -0.05) is 197 Å². The van der Waals surface area contributed by atoms with E-state index in [9.17, 15) is 0 Å². The van der Waals surface area contributed by atoms with Crippen molar-refractivity contribution in [2.24, 2.45) is 0 Å². The highest BCUT2D eigenvalue weighted by Gasteiger charge is 2.49. The van der Waals surface area contributed by atoms with Crippen molar-refractivity contribution in [3.05, 3.63) is 160 Å². The lowest BCUT2D eigenvalue weighted by Gasteiger charge is -2.47. The van der Waals surface area contributed by atoms with Crippen LogP contribution in [0.2, 0.25) is 0 Å². The lowest BCUT2D eigenvalue weighted by Crippen LogP contribution is -2.66. The Bertz CT molecular complexity index is 2080. The second-order valence-electron chi connectivity index (χ2n) is 18.6. The van der Waals surface area contributed by atoms with Crippen LogP contribution in [0.25, 0.3) is 0 Å². The predicted molar refractivity (Wildman–Crippen MR) is 234 cm³/mol. The van der Waals surface area contributed by atoms with E-state index in [1.54, 1.807) is 0 Å². The van der Waals surface area contributed by atoms with Crippen LogP contribution in [-0.4, -0.2) is 6.71 Å². The Labute approximate surface area is 326 Å². The van der Waals surface area contributed by atoms with Gasteiger partial charge < -0.3 is 9.80 Å². The Morgan fingerprint density at radius 2 is 0.815 bits per heavy atom. The highest BCUT2D eigenvalue weighted by molar-refractivity contribution is 6.97. The standard InChI is InChI=1S/C51H59BN2/c1-31(2)36-19-17-20-37(32(3)4)47(36)53-27-28-54(48-38(33(5)6)21-18-22-39(48)34(7)8)49(53)35-29-42-46-43(30-35)51(11,12)41-24-14-16-26-45(41)52(46)44-25-15-13-23-40(44)50(42,9)10/h13-34,49H,1-12H3. The van der Waals surface area contributed by atoms with Gasteiger partial charge in [0.25, 0.3) is 0 Å². The molecule has 0 bridgehead atoms. The number of benzene rings is 5. The van der Waals surface area contributed by atoms with E-state index < -0.39 is 0 Å². The van der Waals surface area contributed by atoms with E-state index in [0.717, 1.165) is 0 Å². The molecule has 3 heterocycles. The number of hydrogen-bond acceptors (Lipinski definition) is 2. The molecule has 8 rings (SSSR count). The van der Waals surface area contributed by atoms with Crippen LogP contribution in [0.3, 0.4) is 0 Å². The van der Waals surface area contributed by atoms with Crippen LogP contribution >= 0.6 is 0 Å². The van der Waals surface area contributed by atoms with Gasteiger partial charge in [0.15, 0.2) is 0 Å². The molecule has 3 aliphatic rings. The van der Waals surface area contributed by atoms with Gasteiger partial charge in [-0.25, -0.2) is 0 Å². The normalized spacial score (nSPS) is 16.9. The maximum absolute atomic E-state index is 2.64. The van der Waals surface area contributed by atoms with Crippen LogP contribution in [0.4, 0.5) is 11.4 Å². The summed E-state index contributed by atoms with van der Waals surface area (Å²) >= 11 is 0. The molecule has 0 radical (unpaired) electrons. The third-order valence-electron chi connectivity index (χ3n) is 13.1. The summed E-state index contributed by atoms with van der Waals surface area (Å²) in [6, 6.07) is 37.8. The van der Waals surface area contributed by atoms with Gasteiger partial charge in [0.05, 0.1) is 0 Å². The summed E-state index contributed by atoms with van der Waals surface area (Å²) in [5.41, 5.74) is 19.6. The monoisotopic (exact) mass is 710 g/mol. The molecular formula is C51H59BN2. The zero-order valence-corrected chi connectivity index (χ0v) is 34.8. The molecule has 276 valence electrons. The first kappa shape index (κ1) is 36.5. The topological polar surface area (TPSA) is 6.48 Å². The van der Waals surface area contributed by atoms with Crippen molar-refractivity contribution in [1.29, 1.82) is 0 Å². The van der Waals surface area contributed by atoms with Gasteiger partial charge in [-0.3, -0.25) is 0 Å². The van der Waals surface area contributed by atoms with Crippen LogP contribution < -0.4 is 26.2 Å². The Morgan fingerprint density at radius 3 is 1.17 bits per heavy atom. The lowest BCUT2D eigenvalue weighted by atomic mass is 9.27. The molecule has 0 N–H and O–H groups in total. The van der Waals surface area contributed by atoms with Crippen molar-refractivity contribution < 1.29 is 0 Å². The summed E-state index contributed by atoms with van der Waals surface area (Å²) in [5, 5.41) is 0. The minimum absolute atomic E-state index is 0.0688. The third-order valence-corrected chi connectivity index (χ3v) is 13.1. The van der Waals surface area contributed by atoms with E-state index >= 15 is 0 Å². The fraction of sp³-hybridized carbons (Fsp3) is 0.373. The Morgan fingerprint density at radius 1 is 0.463 bits per heavy atom. The molecule has 54 heavy (non-hydrogen) atoms. The Balaban J connectivity index is 1.47. The van der Waals surface area contributed by atoms with Gasteiger partial charge in [-0.05, 0) is 73.7 Å². The Hall–Kier alpha value is -4.50. The van der Waals surface area contributed by atoms with Crippen molar-refractivity contribution in [3.8, 4) is 0 Å². The summed E-state index contributed by atoms with van der Waals surface area (Å²) in [5.74, 6) is 1.53. The summed E-state index contributed by atoms with van der Waals surface area (Å²) in [7, 11) is 0. The maximum atomic E-state index is 2.64. The minimum Gasteiger partial charge on any atom is -0.321 e. The van der Waals surface area contributed by atoms with Crippen molar-refractivity contribution in [1.82, 2.24) is 0 Å². The zero-order valence-electron chi connectivity index (χ0n) is 34.8. The number of para-hydroxylation sites is 2.